The molecule has 36 heavy (non-hydrogen) atoms. The smallest absolute Gasteiger partial charge is 0.255 e. The van der Waals surface area contributed by atoms with Gasteiger partial charge in [0.05, 0.1) is 24.7 Å². The Morgan fingerprint density at radius 3 is 1.94 bits per heavy atom. The van der Waals surface area contributed by atoms with Crippen LogP contribution < -0.4 is 24.2 Å². The Kier molecular flexibility index (Phi) is 9.72. The molecule has 192 valence electrons. The third kappa shape index (κ3) is 7.22. The van der Waals surface area contributed by atoms with Crippen LogP contribution in [0.15, 0.2) is 71.6 Å². The van der Waals surface area contributed by atoms with Crippen molar-refractivity contribution in [3.63, 3.8) is 0 Å². The van der Waals surface area contributed by atoms with Gasteiger partial charge >= 0.3 is 0 Å². The molecule has 3 aromatic carbocycles. The fourth-order valence-corrected chi connectivity index (χ4v) is 4.53. The summed E-state index contributed by atoms with van der Waals surface area (Å²) >= 11 is 0. The van der Waals surface area contributed by atoms with Crippen LogP contribution in [0.2, 0.25) is 0 Å². The summed E-state index contributed by atoms with van der Waals surface area (Å²) in [6, 6.07) is 18.8. The van der Waals surface area contributed by atoms with Crippen LogP contribution in [0.5, 0.6) is 17.2 Å². The number of carbonyl (C=O) groups is 1. The van der Waals surface area contributed by atoms with Gasteiger partial charge in [-0.15, -0.1) is 0 Å². The lowest BCUT2D eigenvalue weighted by atomic mass is 10.1. The fourth-order valence-electron chi connectivity index (χ4n) is 3.50. The van der Waals surface area contributed by atoms with E-state index in [1.54, 1.807) is 24.3 Å². The van der Waals surface area contributed by atoms with E-state index in [9.17, 15) is 13.2 Å². The van der Waals surface area contributed by atoms with E-state index < -0.39 is 15.9 Å². The highest BCUT2D eigenvalue weighted by Gasteiger charge is 2.19. The molecule has 0 saturated carbocycles. The molecule has 1 amide bonds. The lowest BCUT2D eigenvalue weighted by Crippen LogP contribution is -2.26. The molecule has 0 saturated heterocycles. The predicted molar refractivity (Wildman–Crippen MR) is 140 cm³/mol. The van der Waals surface area contributed by atoms with Crippen molar-refractivity contribution in [2.75, 3.05) is 31.7 Å². The summed E-state index contributed by atoms with van der Waals surface area (Å²) in [5.74, 6) is 0.889. The summed E-state index contributed by atoms with van der Waals surface area (Å²) in [5.41, 5.74) is 1.82. The van der Waals surface area contributed by atoms with Crippen LogP contribution in [0.3, 0.4) is 0 Å². The molecule has 0 aliphatic heterocycles. The third-order valence-electron chi connectivity index (χ3n) is 5.14. The minimum absolute atomic E-state index is 0.117. The van der Waals surface area contributed by atoms with Crippen LogP contribution in [0.4, 0.5) is 5.69 Å². The van der Waals surface area contributed by atoms with Gasteiger partial charge in [-0.2, -0.15) is 0 Å². The number of ether oxygens (including phenoxy) is 3. The van der Waals surface area contributed by atoms with Gasteiger partial charge in [0.25, 0.3) is 5.91 Å². The van der Waals surface area contributed by atoms with Gasteiger partial charge in [0.15, 0.2) is 11.5 Å². The largest absolute Gasteiger partial charge is 0.490 e. The van der Waals surface area contributed by atoms with Gasteiger partial charge in [0.2, 0.25) is 15.8 Å². The second-order valence-electron chi connectivity index (χ2n) is 7.71. The average molecular weight is 513 g/mol. The standard InChI is InChI=1S/C27H32N2O6S/c1-4-33-24-18-21(19-25(34-5-2)26(24)35-6-3)27(30)29-22-12-14-23(15-13-22)36(31,32)28-17-16-20-10-8-7-9-11-20/h7-15,18-19,28H,4-6,16-17H2,1-3H3,(H,29,30). The molecule has 0 bridgehead atoms. The summed E-state index contributed by atoms with van der Waals surface area (Å²) in [5, 5.41) is 2.79. The molecule has 8 nitrogen and oxygen atoms in total. The second-order valence-corrected chi connectivity index (χ2v) is 9.48. The number of benzene rings is 3. The molecule has 0 aliphatic carbocycles. The molecular formula is C27H32N2O6S. The highest BCUT2D eigenvalue weighted by atomic mass is 32.2. The Morgan fingerprint density at radius 1 is 0.806 bits per heavy atom. The Balaban J connectivity index is 1.70. The molecule has 2 N–H and O–H groups in total. The van der Waals surface area contributed by atoms with Gasteiger partial charge in [-0.25, -0.2) is 13.1 Å². The maximum Gasteiger partial charge on any atom is 0.255 e. The predicted octanol–water partition coefficient (Wildman–Crippen LogP) is 4.66. The summed E-state index contributed by atoms with van der Waals surface area (Å²) in [6.07, 6.45) is 0.587. The molecule has 3 aromatic rings. The fraction of sp³-hybridized carbons (Fsp3) is 0.296. The molecule has 3 rings (SSSR count). The molecule has 0 spiro atoms. The first-order chi connectivity index (χ1) is 17.4. The maximum atomic E-state index is 13.0. The lowest BCUT2D eigenvalue weighted by molar-refractivity contribution is 0.102. The third-order valence-corrected chi connectivity index (χ3v) is 6.62. The number of hydrogen-bond acceptors (Lipinski definition) is 6. The normalized spacial score (nSPS) is 11.1. The molecule has 0 aliphatic rings. The zero-order valence-electron chi connectivity index (χ0n) is 20.7. The minimum Gasteiger partial charge on any atom is -0.490 e. The minimum atomic E-state index is -3.67. The van der Waals surface area contributed by atoms with Crippen molar-refractivity contribution in [2.24, 2.45) is 0 Å². The second kappa shape index (κ2) is 12.9. The summed E-state index contributed by atoms with van der Waals surface area (Å²) in [6.45, 7) is 7.03. The molecule has 0 atom stereocenters. The van der Waals surface area contributed by atoms with Crippen LogP contribution in [0.25, 0.3) is 0 Å². The number of anilines is 1. The van der Waals surface area contributed by atoms with Gasteiger partial charge in [-0.05, 0) is 69.2 Å². The Labute approximate surface area is 212 Å². The molecule has 0 unspecified atom stereocenters. The summed E-state index contributed by atoms with van der Waals surface area (Å²) in [7, 11) is -3.67. The van der Waals surface area contributed by atoms with E-state index in [2.05, 4.69) is 10.0 Å². The van der Waals surface area contributed by atoms with Crippen LogP contribution in [-0.4, -0.2) is 40.7 Å². The summed E-state index contributed by atoms with van der Waals surface area (Å²) in [4.78, 5) is 13.1. The zero-order chi connectivity index (χ0) is 26.0. The van der Waals surface area contributed by atoms with Crippen molar-refractivity contribution in [1.29, 1.82) is 0 Å². The number of rotatable bonds is 13. The van der Waals surface area contributed by atoms with Crippen molar-refractivity contribution in [3.8, 4) is 17.2 Å². The molecular weight excluding hydrogens is 480 g/mol. The number of carbonyl (C=O) groups excluding carboxylic acids is 1. The van der Waals surface area contributed by atoms with E-state index in [0.717, 1.165) is 5.56 Å². The van der Waals surface area contributed by atoms with E-state index in [-0.39, 0.29) is 11.4 Å². The Bertz CT molecular complexity index is 1220. The first-order valence-corrected chi connectivity index (χ1v) is 13.4. The van der Waals surface area contributed by atoms with Gasteiger partial charge in [-0.1, -0.05) is 30.3 Å². The Morgan fingerprint density at radius 2 is 1.39 bits per heavy atom. The zero-order valence-corrected chi connectivity index (χ0v) is 21.6. The topological polar surface area (TPSA) is 103 Å². The SMILES string of the molecule is CCOc1cc(C(=O)Nc2ccc(S(=O)(=O)NCCc3ccccc3)cc2)cc(OCC)c1OCC. The maximum absolute atomic E-state index is 13.0. The first-order valence-electron chi connectivity index (χ1n) is 11.9. The number of nitrogens with one attached hydrogen (secondary N) is 2. The van der Waals surface area contributed by atoms with Crippen molar-refractivity contribution < 1.29 is 27.4 Å². The quantitative estimate of drug-likeness (QED) is 0.345. The number of hydrogen-bond donors (Lipinski definition) is 2. The van der Waals surface area contributed by atoms with Gasteiger partial charge in [0.1, 0.15) is 0 Å². The number of sulfonamides is 1. The van der Waals surface area contributed by atoms with Gasteiger partial charge in [0, 0.05) is 17.8 Å². The molecule has 9 heteroatoms. The highest BCUT2D eigenvalue weighted by molar-refractivity contribution is 7.89. The van der Waals surface area contributed by atoms with Gasteiger partial charge in [-0.3, -0.25) is 4.79 Å². The van der Waals surface area contributed by atoms with Crippen LogP contribution in [0.1, 0.15) is 36.7 Å². The molecule has 0 aromatic heterocycles. The van der Waals surface area contributed by atoms with Crippen LogP contribution in [0, 0.1) is 0 Å². The van der Waals surface area contributed by atoms with E-state index in [1.807, 2.05) is 51.1 Å². The van der Waals surface area contributed by atoms with Crippen molar-refractivity contribution >= 4 is 21.6 Å². The summed E-state index contributed by atoms with van der Waals surface area (Å²) < 4.78 is 44.9. The first kappa shape index (κ1) is 27.0. The van der Waals surface area contributed by atoms with Crippen LogP contribution >= 0.6 is 0 Å². The van der Waals surface area contributed by atoms with Gasteiger partial charge < -0.3 is 19.5 Å². The Hall–Kier alpha value is -3.56. The lowest BCUT2D eigenvalue weighted by Gasteiger charge is -2.17. The highest BCUT2D eigenvalue weighted by Crippen LogP contribution is 2.39. The van der Waals surface area contributed by atoms with E-state index >= 15 is 0 Å². The monoisotopic (exact) mass is 512 g/mol. The average Bonchev–Trinajstić information content (AvgIpc) is 2.87. The van der Waals surface area contributed by atoms with Crippen molar-refractivity contribution in [2.45, 2.75) is 32.1 Å². The molecule has 0 fully saturated rings. The van der Waals surface area contributed by atoms with Crippen molar-refractivity contribution in [3.05, 3.63) is 77.9 Å². The number of amides is 1. The van der Waals surface area contributed by atoms with E-state index in [4.69, 9.17) is 14.2 Å². The van der Waals surface area contributed by atoms with Crippen LogP contribution in [-0.2, 0) is 16.4 Å². The molecule has 0 radical (unpaired) electrons. The van der Waals surface area contributed by atoms with Crippen molar-refractivity contribution in [1.82, 2.24) is 4.72 Å². The molecule has 0 heterocycles. The van der Waals surface area contributed by atoms with E-state index in [0.29, 0.717) is 54.7 Å². The van der Waals surface area contributed by atoms with E-state index in [1.165, 1.54) is 12.1 Å².